The predicted octanol–water partition coefficient (Wildman–Crippen LogP) is 2.67. The first-order valence-corrected chi connectivity index (χ1v) is 5.56. The second-order valence-electron chi connectivity index (χ2n) is 3.82. The molecule has 1 aliphatic carbocycles. The molecule has 1 aliphatic rings. The summed E-state index contributed by atoms with van der Waals surface area (Å²) in [5.74, 6) is 0. The van der Waals surface area contributed by atoms with Crippen LogP contribution in [0.4, 0.5) is 0 Å². The molecule has 1 unspecified atom stereocenters. The van der Waals surface area contributed by atoms with Gasteiger partial charge in [-0.05, 0) is 24.0 Å². The molecule has 0 saturated carbocycles. The molecule has 0 aromatic heterocycles. The van der Waals surface area contributed by atoms with Gasteiger partial charge in [0.25, 0.3) is 0 Å². The van der Waals surface area contributed by atoms with Gasteiger partial charge in [-0.2, -0.15) is 0 Å². The van der Waals surface area contributed by atoms with Gasteiger partial charge in [-0.1, -0.05) is 48.6 Å². The lowest BCUT2D eigenvalue weighted by Crippen LogP contribution is -2.20. The maximum atomic E-state index is 5.98. The molecule has 2 heteroatoms. The van der Waals surface area contributed by atoms with Gasteiger partial charge in [-0.3, -0.25) is 4.99 Å². The molecule has 0 heterocycles. The van der Waals surface area contributed by atoms with Crippen LogP contribution in [0.15, 0.2) is 59.1 Å². The minimum Gasteiger partial charge on any atom is -0.306 e. The standard InChI is InChI=1S/C14H16N2/c15-14(13-9-5-2-6-10-13)16-11-12-7-3-1-4-8-12/h1,3-5,7-11,14H,2,6,15H2/b16-11+. The maximum Gasteiger partial charge on any atom is 0.122 e. The van der Waals surface area contributed by atoms with Gasteiger partial charge in [-0.25, -0.2) is 0 Å². The fourth-order valence-electron chi connectivity index (χ4n) is 1.64. The summed E-state index contributed by atoms with van der Waals surface area (Å²) in [6.07, 6.45) is 10.1. The Hall–Kier alpha value is -1.67. The van der Waals surface area contributed by atoms with Gasteiger partial charge in [0, 0.05) is 6.21 Å². The molecule has 0 saturated heterocycles. The van der Waals surface area contributed by atoms with Crippen molar-refractivity contribution in [3.05, 3.63) is 59.7 Å². The Morgan fingerprint density at radius 1 is 1.19 bits per heavy atom. The number of hydrogen-bond acceptors (Lipinski definition) is 2. The van der Waals surface area contributed by atoms with Crippen molar-refractivity contribution in [2.75, 3.05) is 0 Å². The Labute approximate surface area is 96.2 Å². The average Bonchev–Trinajstić information content (AvgIpc) is 2.38. The molecular weight excluding hydrogens is 196 g/mol. The topological polar surface area (TPSA) is 38.4 Å². The van der Waals surface area contributed by atoms with Crippen molar-refractivity contribution in [1.82, 2.24) is 0 Å². The lowest BCUT2D eigenvalue weighted by molar-refractivity contribution is 0.823. The fraction of sp³-hybridized carbons (Fsp3) is 0.214. The third-order valence-corrected chi connectivity index (χ3v) is 2.55. The Bertz CT molecular complexity index is 416. The van der Waals surface area contributed by atoms with Gasteiger partial charge in [-0.15, -0.1) is 0 Å². The first-order chi connectivity index (χ1) is 7.86. The molecule has 2 N–H and O–H groups in total. The number of nitrogens with two attached hydrogens (primary N) is 1. The smallest absolute Gasteiger partial charge is 0.122 e. The van der Waals surface area contributed by atoms with Crippen LogP contribution >= 0.6 is 0 Å². The molecule has 82 valence electrons. The fourth-order valence-corrected chi connectivity index (χ4v) is 1.64. The first kappa shape index (κ1) is 10.8. The zero-order valence-corrected chi connectivity index (χ0v) is 9.21. The predicted molar refractivity (Wildman–Crippen MR) is 68.5 cm³/mol. The first-order valence-electron chi connectivity index (χ1n) is 5.56. The zero-order valence-electron chi connectivity index (χ0n) is 9.21. The highest BCUT2D eigenvalue weighted by atomic mass is 14.9. The second-order valence-corrected chi connectivity index (χ2v) is 3.82. The number of benzene rings is 1. The van der Waals surface area contributed by atoms with Crippen LogP contribution in [0.25, 0.3) is 0 Å². The number of rotatable bonds is 3. The van der Waals surface area contributed by atoms with Crippen LogP contribution in [-0.4, -0.2) is 12.4 Å². The monoisotopic (exact) mass is 212 g/mol. The Morgan fingerprint density at radius 3 is 2.69 bits per heavy atom. The molecule has 0 radical (unpaired) electrons. The Morgan fingerprint density at radius 2 is 2.00 bits per heavy atom. The van der Waals surface area contributed by atoms with E-state index in [-0.39, 0.29) is 6.17 Å². The van der Waals surface area contributed by atoms with Gasteiger partial charge in [0.15, 0.2) is 0 Å². The summed E-state index contributed by atoms with van der Waals surface area (Å²) in [4.78, 5) is 4.35. The molecule has 1 aromatic rings. The summed E-state index contributed by atoms with van der Waals surface area (Å²) in [7, 11) is 0. The molecule has 0 amide bonds. The van der Waals surface area contributed by atoms with E-state index in [9.17, 15) is 0 Å². The second kappa shape index (κ2) is 5.42. The van der Waals surface area contributed by atoms with Crippen molar-refractivity contribution in [2.24, 2.45) is 10.7 Å². The van der Waals surface area contributed by atoms with Crippen LogP contribution in [0.3, 0.4) is 0 Å². The molecular formula is C14H16N2. The molecule has 1 aromatic carbocycles. The quantitative estimate of drug-likeness (QED) is 0.768. The SMILES string of the molecule is NC(/N=C/c1ccccc1)C1=CCCC=C1. The molecule has 0 fully saturated rings. The summed E-state index contributed by atoms with van der Waals surface area (Å²) in [6, 6.07) is 10.0. The summed E-state index contributed by atoms with van der Waals surface area (Å²) in [5.41, 5.74) is 8.17. The van der Waals surface area contributed by atoms with E-state index in [0.29, 0.717) is 0 Å². The van der Waals surface area contributed by atoms with Gasteiger partial charge in [0.2, 0.25) is 0 Å². The van der Waals surface area contributed by atoms with Crippen molar-refractivity contribution in [3.63, 3.8) is 0 Å². The summed E-state index contributed by atoms with van der Waals surface area (Å²) < 4.78 is 0. The summed E-state index contributed by atoms with van der Waals surface area (Å²) in [5, 5.41) is 0. The molecule has 2 rings (SSSR count). The molecule has 0 spiro atoms. The van der Waals surface area contributed by atoms with Crippen molar-refractivity contribution < 1.29 is 0 Å². The van der Waals surface area contributed by atoms with Crippen LogP contribution < -0.4 is 5.73 Å². The molecule has 0 aliphatic heterocycles. The molecule has 1 atom stereocenters. The highest BCUT2D eigenvalue weighted by Crippen LogP contribution is 2.12. The van der Waals surface area contributed by atoms with Gasteiger partial charge in [0.1, 0.15) is 6.17 Å². The number of hydrogen-bond donors (Lipinski definition) is 1. The zero-order chi connectivity index (χ0) is 11.2. The van der Waals surface area contributed by atoms with E-state index in [1.54, 1.807) is 0 Å². The summed E-state index contributed by atoms with van der Waals surface area (Å²) in [6.45, 7) is 0. The Kier molecular flexibility index (Phi) is 3.67. The number of allylic oxidation sites excluding steroid dienone is 2. The lowest BCUT2D eigenvalue weighted by atomic mass is 10.1. The van der Waals surface area contributed by atoms with Crippen LogP contribution in [0.5, 0.6) is 0 Å². The minimum atomic E-state index is -0.239. The largest absolute Gasteiger partial charge is 0.306 e. The van der Waals surface area contributed by atoms with E-state index in [0.717, 1.165) is 24.0 Å². The Balaban J connectivity index is 2.02. The average molecular weight is 212 g/mol. The molecule has 2 nitrogen and oxygen atoms in total. The molecule has 16 heavy (non-hydrogen) atoms. The van der Waals surface area contributed by atoms with Gasteiger partial charge >= 0.3 is 0 Å². The van der Waals surface area contributed by atoms with Gasteiger partial charge < -0.3 is 5.73 Å². The number of nitrogens with zero attached hydrogens (tertiary/aromatic N) is 1. The van der Waals surface area contributed by atoms with Crippen LogP contribution in [0.2, 0.25) is 0 Å². The van der Waals surface area contributed by atoms with E-state index < -0.39 is 0 Å². The number of aliphatic imine (C=N–C) groups is 1. The van der Waals surface area contributed by atoms with Crippen molar-refractivity contribution >= 4 is 6.21 Å². The highest BCUT2D eigenvalue weighted by molar-refractivity contribution is 5.79. The van der Waals surface area contributed by atoms with E-state index in [4.69, 9.17) is 5.73 Å². The highest BCUT2D eigenvalue weighted by Gasteiger charge is 2.05. The van der Waals surface area contributed by atoms with E-state index in [2.05, 4.69) is 23.2 Å². The van der Waals surface area contributed by atoms with Crippen LogP contribution in [0.1, 0.15) is 18.4 Å². The van der Waals surface area contributed by atoms with Crippen molar-refractivity contribution in [2.45, 2.75) is 19.0 Å². The minimum absolute atomic E-state index is 0.239. The van der Waals surface area contributed by atoms with E-state index >= 15 is 0 Å². The normalized spacial score (nSPS) is 17.4. The third-order valence-electron chi connectivity index (χ3n) is 2.55. The van der Waals surface area contributed by atoms with E-state index in [1.807, 2.05) is 36.5 Å². The maximum absolute atomic E-state index is 5.98. The third kappa shape index (κ3) is 2.91. The summed E-state index contributed by atoms with van der Waals surface area (Å²) >= 11 is 0. The van der Waals surface area contributed by atoms with Crippen LogP contribution in [-0.2, 0) is 0 Å². The molecule has 0 bridgehead atoms. The van der Waals surface area contributed by atoms with Gasteiger partial charge in [0.05, 0.1) is 0 Å². The van der Waals surface area contributed by atoms with Crippen molar-refractivity contribution in [1.29, 1.82) is 0 Å². The van der Waals surface area contributed by atoms with E-state index in [1.165, 1.54) is 0 Å². The van der Waals surface area contributed by atoms with Crippen LogP contribution in [0, 0.1) is 0 Å². The van der Waals surface area contributed by atoms with Crippen molar-refractivity contribution in [3.8, 4) is 0 Å². The lowest BCUT2D eigenvalue weighted by Gasteiger charge is -2.10.